The fourth-order valence-electron chi connectivity index (χ4n) is 1.55. The fourth-order valence-corrected chi connectivity index (χ4v) is 1.55. The minimum Gasteiger partial charge on any atom is -0.378 e. The van der Waals surface area contributed by atoms with Crippen molar-refractivity contribution in [1.82, 2.24) is 0 Å². The van der Waals surface area contributed by atoms with Crippen LogP contribution >= 0.6 is 0 Å². The summed E-state index contributed by atoms with van der Waals surface area (Å²) in [5, 5.41) is 0. The molecule has 0 aliphatic rings. The topological polar surface area (TPSA) is 12.5 Å². The summed E-state index contributed by atoms with van der Waals surface area (Å²) >= 11 is 0. The van der Waals surface area contributed by atoms with Gasteiger partial charge in [-0.05, 0) is 17.7 Å². The van der Waals surface area contributed by atoms with Gasteiger partial charge in [0, 0.05) is 26.9 Å². The van der Waals surface area contributed by atoms with Crippen LogP contribution in [0, 0.1) is 0 Å². The highest BCUT2D eigenvalue weighted by atomic mass is 19.4. The zero-order chi connectivity index (χ0) is 13.1. The number of halogens is 3. The first kappa shape index (κ1) is 13.8. The molecule has 0 radical (unpaired) electrons. The highest BCUT2D eigenvalue weighted by Gasteiger charge is 2.32. The van der Waals surface area contributed by atoms with Gasteiger partial charge in [0.15, 0.2) is 0 Å². The van der Waals surface area contributed by atoms with E-state index in [0.29, 0.717) is 5.56 Å². The smallest absolute Gasteiger partial charge is 0.378 e. The average molecular weight is 247 g/mol. The van der Waals surface area contributed by atoms with E-state index >= 15 is 0 Å². The van der Waals surface area contributed by atoms with E-state index < -0.39 is 18.7 Å². The SMILES string of the molecule is COC(CC(F)(F)F)c1cccc(N(C)C)c1. The first-order chi connectivity index (χ1) is 7.83. The maximum atomic E-state index is 12.3. The van der Waals surface area contributed by atoms with Crippen LogP contribution in [0.2, 0.25) is 0 Å². The Kier molecular flexibility index (Phi) is 4.40. The van der Waals surface area contributed by atoms with Gasteiger partial charge in [-0.3, -0.25) is 0 Å². The molecule has 1 rings (SSSR count). The Labute approximate surface area is 99.0 Å². The third-order valence-corrected chi connectivity index (χ3v) is 2.46. The molecule has 2 nitrogen and oxygen atoms in total. The standard InChI is InChI=1S/C12H16F3NO/c1-16(2)10-6-4-5-9(7-10)11(17-3)8-12(13,14)15/h4-7,11H,8H2,1-3H3. The van der Waals surface area contributed by atoms with Crippen LogP contribution in [-0.4, -0.2) is 27.4 Å². The van der Waals surface area contributed by atoms with Gasteiger partial charge < -0.3 is 9.64 Å². The van der Waals surface area contributed by atoms with Crippen LogP contribution in [0.5, 0.6) is 0 Å². The number of anilines is 1. The number of alkyl halides is 3. The predicted molar refractivity (Wildman–Crippen MR) is 61.2 cm³/mol. The van der Waals surface area contributed by atoms with Crippen molar-refractivity contribution in [2.75, 3.05) is 26.1 Å². The van der Waals surface area contributed by atoms with Gasteiger partial charge >= 0.3 is 6.18 Å². The number of methoxy groups -OCH3 is 1. The first-order valence-corrected chi connectivity index (χ1v) is 5.20. The number of hydrogen-bond donors (Lipinski definition) is 0. The van der Waals surface area contributed by atoms with Gasteiger partial charge in [-0.1, -0.05) is 12.1 Å². The molecule has 0 spiro atoms. The van der Waals surface area contributed by atoms with Gasteiger partial charge in [0.2, 0.25) is 0 Å². The molecule has 0 heterocycles. The van der Waals surface area contributed by atoms with Crippen molar-refractivity contribution in [3.05, 3.63) is 29.8 Å². The molecule has 1 unspecified atom stereocenters. The maximum absolute atomic E-state index is 12.3. The molecule has 1 aromatic rings. The average Bonchev–Trinajstić information content (AvgIpc) is 2.25. The lowest BCUT2D eigenvalue weighted by molar-refractivity contribution is -0.158. The Morgan fingerprint density at radius 1 is 1.29 bits per heavy atom. The van der Waals surface area contributed by atoms with Crippen molar-refractivity contribution < 1.29 is 17.9 Å². The third-order valence-electron chi connectivity index (χ3n) is 2.46. The molecule has 0 fully saturated rings. The Morgan fingerprint density at radius 2 is 1.94 bits per heavy atom. The van der Waals surface area contributed by atoms with Gasteiger partial charge in [-0.15, -0.1) is 0 Å². The highest BCUT2D eigenvalue weighted by molar-refractivity contribution is 5.47. The molecular formula is C12H16F3NO. The summed E-state index contributed by atoms with van der Waals surface area (Å²) in [5.41, 5.74) is 1.39. The summed E-state index contributed by atoms with van der Waals surface area (Å²) < 4.78 is 41.9. The van der Waals surface area contributed by atoms with Crippen LogP contribution in [0.4, 0.5) is 18.9 Å². The molecule has 96 valence electrons. The second-order valence-electron chi connectivity index (χ2n) is 4.03. The van der Waals surface area contributed by atoms with Crippen molar-refractivity contribution in [2.45, 2.75) is 18.7 Å². The van der Waals surface area contributed by atoms with E-state index in [2.05, 4.69) is 0 Å². The number of benzene rings is 1. The van der Waals surface area contributed by atoms with Gasteiger partial charge in [-0.2, -0.15) is 13.2 Å². The molecule has 0 aliphatic heterocycles. The Balaban J connectivity index is 2.92. The minimum atomic E-state index is -4.23. The van der Waals surface area contributed by atoms with Crippen LogP contribution < -0.4 is 4.90 Å². The van der Waals surface area contributed by atoms with Gasteiger partial charge in [-0.25, -0.2) is 0 Å². The van der Waals surface area contributed by atoms with E-state index in [-0.39, 0.29) is 0 Å². The lowest BCUT2D eigenvalue weighted by atomic mass is 10.1. The van der Waals surface area contributed by atoms with Gasteiger partial charge in [0.1, 0.15) is 0 Å². The normalized spacial score (nSPS) is 13.5. The molecule has 0 N–H and O–H groups in total. The summed E-state index contributed by atoms with van der Waals surface area (Å²) in [4.78, 5) is 1.84. The number of nitrogens with zero attached hydrogens (tertiary/aromatic N) is 1. The summed E-state index contributed by atoms with van der Waals surface area (Å²) in [6.07, 6.45) is -6.15. The molecular weight excluding hydrogens is 231 g/mol. The van der Waals surface area contributed by atoms with Crippen molar-refractivity contribution in [2.24, 2.45) is 0 Å². The van der Waals surface area contributed by atoms with Crippen molar-refractivity contribution in [3.8, 4) is 0 Å². The van der Waals surface area contributed by atoms with Crippen molar-refractivity contribution >= 4 is 5.69 Å². The van der Waals surface area contributed by atoms with E-state index in [0.717, 1.165) is 5.69 Å². The molecule has 17 heavy (non-hydrogen) atoms. The predicted octanol–water partition coefficient (Wildman–Crippen LogP) is 3.39. The molecule has 0 saturated heterocycles. The maximum Gasteiger partial charge on any atom is 0.391 e. The summed E-state index contributed by atoms with van der Waals surface area (Å²) in [6.45, 7) is 0. The first-order valence-electron chi connectivity index (χ1n) is 5.20. The van der Waals surface area contributed by atoms with Crippen molar-refractivity contribution in [1.29, 1.82) is 0 Å². The van der Waals surface area contributed by atoms with Crippen LogP contribution in [-0.2, 0) is 4.74 Å². The second kappa shape index (κ2) is 5.40. The van der Waals surface area contributed by atoms with E-state index in [9.17, 15) is 13.2 Å². The van der Waals surface area contributed by atoms with Crippen LogP contribution in [0.15, 0.2) is 24.3 Å². The minimum absolute atomic E-state index is 0.538. The van der Waals surface area contributed by atoms with Gasteiger partial charge in [0.05, 0.1) is 12.5 Å². The second-order valence-corrected chi connectivity index (χ2v) is 4.03. The molecule has 0 amide bonds. The van der Waals surface area contributed by atoms with E-state index in [4.69, 9.17) is 4.74 Å². The quantitative estimate of drug-likeness (QED) is 0.808. The molecule has 0 aromatic heterocycles. The summed E-state index contributed by atoms with van der Waals surface area (Å²) in [6, 6.07) is 6.92. The lowest BCUT2D eigenvalue weighted by Gasteiger charge is -2.20. The summed E-state index contributed by atoms with van der Waals surface area (Å²) in [7, 11) is 4.97. The number of rotatable bonds is 4. The fraction of sp³-hybridized carbons (Fsp3) is 0.500. The van der Waals surface area contributed by atoms with Crippen LogP contribution in [0.25, 0.3) is 0 Å². The molecule has 0 bridgehead atoms. The highest BCUT2D eigenvalue weighted by Crippen LogP contribution is 2.32. The molecule has 0 saturated carbocycles. The number of hydrogen-bond acceptors (Lipinski definition) is 2. The van der Waals surface area contributed by atoms with E-state index in [1.54, 1.807) is 18.2 Å². The van der Waals surface area contributed by atoms with Crippen LogP contribution in [0.1, 0.15) is 18.1 Å². The zero-order valence-corrected chi connectivity index (χ0v) is 10.1. The lowest BCUT2D eigenvalue weighted by Crippen LogP contribution is -2.16. The molecule has 1 aromatic carbocycles. The Bertz CT molecular complexity index is 363. The Hall–Kier alpha value is -1.23. The number of ether oxygens (including phenoxy) is 1. The third kappa shape index (κ3) is 4.26. The summed E-state index contributed by atoms with van der Waals surface area (Å²) in [5.74, 6) is 0. The van der Waals surface area contributed by atoms with E-state index in [1.807, 2.05) is 25.1 Å². The molecule has 1 atom stereocenters. The van der Waals surface area contributed by atoms with E-state index in [1.165, 1.54) is 7.11 Å². The zero-order valence-electron chi connectivity index (χ0n) is 10.1. The Morgan fingerprint density at radius 3 is 2.41 bits per heavy atom. The van der Waals surface area contributed by atoms with Crippen molar-refractivity contribution in [3.63, 3.8) is 0 Å². The molecule has 0 aliphatic carbocycles. The van der Waals surface area contributed by atoms with Gasteiger partial charge in [0.25, 0.3) is 0 Å². The molecule has 5 heteroatoms. The monoisotopic (exact) mass is 247 g/mol. The van der Waals surface area contributed by atoms with Crippen LogP contribution in [0.3, 0.4) is 0 Å². The largest absolute Gasteiger partial charge is 0.391 e.